The van der Waals surface area contributed by atoms with E-state index in [1.165, 1.54) is 36.0 Å². The first-order chi connectivity index (χ1) is 18.3. The lowest BCUT2D eigenvalue weighted by Gasteiger charge is -2.44. The van der Waals surface area contributed by atoms with Gasteiger partial charge in [0, 0.05) is 44.0 Å². The molecule has 0 aliphatic heterocycles. The fourth-order valence-corrected chi connectivity index (χ4v) is 6.26. The standard InChI is InChI=1S/C29H33ClFN5O2/c1-34(28-23(15-32)29(38)35(2)25-12-13-26(30)33-27(25)28)21-7-9-22(10-8-21)36(16-18-4-3-5-18)24-11-6-20(31)14-19(24)17-37/h6,11-14,18,21-22,37H,3-5,7-10,16-17H2,1-2H3/t21-,22-. The molecule has 1 aromatic carbocycles. The quantitative estimate of drug-likeness (QED) is 0.420. The van der Waals surface area contributed by atoms with E-state index in [0.717, 1.165) is 37.9 Å². The van der Waals surface area contributed by atoms with E-state index in [2.05, 4.69) is 16.0 Å². The van der Waals surface area contributed by atoms with Gasteiger partial charge < -0.3 is 19.5 Å². The van der Waals surface area contributed by atoms with Gasteiger partial charge in [-0.05, 0) is 74.8 Å². The highest BCUT2D eigenvalue weighted by Crippen LogP contribution is 2.38. The van der Waals surface area contributed by atoms with Gasteiger partial charge in [0.15, 0.2) is 0 Å². The van der Waals surface area contributed by atoms with Crippen molar-refractivity contribution in [2.24, 2.45) is 13.0 Å². The fraction of sp³-hybridized carbons (Fsp3) is 0.483. The van der Waals surface area contributed by atoms with Crippen molar-refractivity contribution in [2.75, 3.05) is 23.4 Å². The van der Waals surface area contributed by atoms with Crippen LogP contribution in [0, 0.1) is 23.1 Å². The monoisotopic (exact) mass is 537 g/mol. The Labute approximate surface area is 227 Å². The van der Waals surface area contributed by atoms with E-state index in [1.807, 2.05) is 11.9 Å². The maximum Gasteiger partial charge on any atom is 0.270 e. The molecule has 1 N–H and O–H groups in total. The largest absolute Gasteiger partial charge is 0.392 e. The number of aliphatic hydroxyl groups is 1. The Balaban J connectivity index is 1.42. The first-order valence-corrected chi connectivity index (χ1v) is 13.7. The van der Waals surface area contributed by atoms with Crippen LogP contribution in [0.1, 0.15) is 56.1 Å². The summed E-state index contributed by atoms with van der Waals surface area (Å²) in [4.78, 5) is 22.0. The van der Waals surface area contributed by atoms with Crippen molar-refractivity contribution in [1.29, 1.82) is 5.26 Å². The molecule has 2 aromatic heterocycles. The van der Waals surface area contributed by atoms with E-state index in [4.69, 9.17) is 11.6 Å². The van der Waals surface area contributed by atoms with Gasteiger partial charge in [-0.25, -0.2) is 9.37 Å². The number of hydrogen-bond donors (Lipinski definition) is 1. The van der Waals surface area contributed by atoms with Gasteiger partial charge in [0.2, 0.25) is 0 Å². The zero-order valence-electron chi connectivity index (χ0n) is 21.8. The predicted octanol–water partition coefficient (Wildman–Crippen LogP) is 5.14. The van der Waals surface area contributed by atoms with Crippen LogP contribution < -0.4 is 15.4 Å². The van der Waals surface area contributed by atoms with Gasteiger partial charge in [0.1, 0.15) is 28.1 Å². The van der Waals surface area contributed by atoms with Crippen molar-refractivity contribution in [1.82, 2.24) is 9.55 Å². The molecule has 0 saturated heterocycles. The fourth-order valence-electron chi connectivity index (χ4n) is 6.11. The number of benzene rings is 1. The molecular weight excluding hydrogens is 505 g/mol. The number of nitriles is 1. The van der Waals surface area contributed by atoms with E-state index in [1.54, 1.807) is 25.2 Å². The Kier molecular flexibility index (Phi) is 7.60. The third-order valence-corrected chi connectivity index (χ3v) is 8.71. The molecule has 2 fully saturated rings. The molecule has 2 aliphatic rings. The molecule has 200 valence electrons. The Morgan fingerprint density at radius 2 is 1.87 bits per heavy atom. The van der Waals surface area contributed by atoms with Gasteiger partial charge in [-0.1, -0.05) is 18.0 Å². The number of nitrogens with zero attached hydrogens (tertiary/aromatic N) is 5. The van der Waals surface area contributed by atoms with Gasteiger partial charge in [-0.2, -0.15) is 5.26 Å². The number of aliphatic hydroxyl groups excluding tert-OH is 1. The van der Waals surface area contributed by atoms with E-state index in [-0.39, 0.29) is 35.6 Å². The SMILES string of the molecule is Cn1c(=O)c(C#N)c(N(C)[C@H]2CC[C@H](N(CC3CCC3)c3ccc(F)cc3CO)CC2)c2nc(Cl)ccc21. The van der Waals surface area contributed by atoms with Crippen molar-refractivity contribution in [2.45, 2.75) is 63.6 Å². The van der Waals surface area contributed by atoms with Crippen LogP contribution >= 0.6 is 11.6 Å². The molecule has 9 heteroatoms. The normalized spacial score (nSPS) is 19.7. The molecule has 7 nitrogen and oxygen atoms in total. The van der Waals surface area contributed by atoms with Gasteiger partial charge in [0.05, 0.1) is 17.8 Å². The molecule has 2 saturated carbocycles. The zero-order chi connectivity index (χ0) is 27.0. The summed E-state index contributed by atoms with van der Waals surface area (Å²) in [5.41, 5.74) is 2.98. The Morgan fingerprint density at radius 1 is 1.16 bits per heavy atom. The van der Waals surface area contributed by atoms with Crippen LogP contribution in [0.5, 0.6) is 0 Å². The molecule has 38 heavy (non-hydrogen) atoms. The molecule has 0 bridgehead atoms. The second kappa shape index (κ2) is 10.9. The first-order valence-electron chi connectivity index (χ1n) is 13.3. The van der Waals surface area contributed by atoms with Crippen molar-refractivity contribution in [3.63, 3.8) is 0 Å². The maximum atomic E-state index is 13.9. The second-order valence-corrected chi connectivity index (χ2v) is 11.0. The molecular formula is C29H33ClFN5O2. The van der Waals surface area contributed by atoms with E-state index >= 15 is 0 Å². The number of pyridine rings is 2. The first kappa shape index (κ1) is 26.5. The summed E-state index contributed by atoms with van der Waals surface area (Å²) in [6.45, 7) is 0.707. The number of aromatic nitrogens is 2. The number of hydrogen-bond acceptors (Lipinski definition) is 6. The highest BCUT2D eigenvalue weighted by Gasteiger charge is 2.33. The topological polar surface area (TPSA) is 85.4 Å². The smallest absolute Gasteiger partial charge is 0.270 e. The molecule has 5 rings (SSSR count). The molecule has 2 heterocycles. The second-order valence-electron chi connectivity index (χ2n) is 10.7. The minimum atomic E-state index is -0.348. The lowest BCUT2D eigenvalue weighted by atomic mass is 9.83. The molecule has 2 aliphatic carbocycles. The third kappa shape index (κ3) is 4.85. The van der Waals surface area contributed by atoms with Gasteiger partial charge >= 0.3 is 0 Å². The number of halogens is 2. The summed E-state index contributed by atoms with van der Waals surface area (Å²) < 4.78 is 15.4. The summed E-state index contributed by atoms with van der Waals surface area (Å²) in [7, 11) is 3.57. The van der Waals surface area contributed by atoms with Crippen molar-refractivity contribution in [3.05, 3.63) is 62.8 Å². The van der Waals surface area contributed by atoms with Gasteiger partial charge in [0.25, 0.3) is 5.56 Å². The average molecular weight is 538 g/mol. The van der Waals surface area contributed by atoms with Crippen LogP contribution in [0.3, 0.4) is 0 Å². The molecule has 0 atom stereocenters. The minimum absolute atomic E-state index is 0.0740. The van der Waals surface area contributed by atoms with Gasteiger partial charge in [-0.15, -0.1) is 0 Å². The Hall–Kier alpha value is -3.15. The molecule has 0 radical (unpaired) electrons. The number of fused-ring (bicyclic) bond motifs is 1. The summed E-state index contributed by atoms with van der Waals surface area (Å²) in [5.74, 6) is 0.280. The highest BCUT2D eigenvalue weighted by atomic mass is 35.5. The third-order valence-electron chi connectivity index (χ3n) is 8.50. The molecule has 0 unspecified atom stereocenters. The van der Waals surface area contributed by atoms with E-state index in [0.29, 0.717) is 33.4 Å². The van der Waals surface area contributed by atoms with Crippen molar-refractivity contribution in [3.8, 4) is 6.07 Å². The molecule has 3 aromatic rings. The van der Waals surface area contributed by atoms with Crippen LogP contribution in [0.15, 0.2) is 35.1 Å². The van der Waals surface area contributed by atoms with E-state index < -0.39 is 0 Å². The predicted molar refractivity (Wildman–Crippen MR) is 148 cm³/mol. The van der Waals surface area contributed by atoms with Crippen LogP contribution in [0.25, 0.3) is 11.0 Å². The minimum Gasteiger partial charge on any atom is -0.392 e. The average Bonchev–Trinajstić information content (AvgIpc) is 2.90. The highest BCUT2D eigenvalue weighted by molar-refractivity contribution is 6.29. The number of anilines is 2. The summed E-state index contributed by atoms with van der Waals surface area (Å²) in [6.07, 6.45) is 7.18. The maximum absolute atomic E-state index is 13.9. The summed E-state index contributed by atoms with van der Waals surface area (Å²) in [5, 5.41) is 20.2. The van der Waals surface area contributed by atoms with Crippen molar-refractivity contribution >= 4 is 34.0 Å². The van der Waals surface area contributed by atoms with Crippen LogP contribution in [0.4, 0.5) is 15.8 Å². The van der Waals surface area contributed by atoms with Crippen LogP contribution in [-0.4, -0.2) is 40.3 Å². The Morgan fingerprint density at radius 3 is 2.50 bits per heavy atom. The Bertz CT molecular complexity index is 1440. The van der Waals surface area contributed by atoms with Crippen LogP contribution in [0.2, 0.25) is 5.15 Å². The molecule has 0 amide bonds. The molecule has 0 spiro atoms. The lowest BCUT2D eigenvalue weighted by Crippen LogP contribution is -2.46. The summed E-state index contributed by atoms with van der Waals surface area (Å²) in [6, 6.07) is 10.6. The van der Waals surface area contributed by atoms with Gasteiger partial charge in [-0.3, -0.25) is 4.79 Å². The number of rotatable bonds is 7. The summed E-state index contributed by atoms with van der Waals surface area (Å²) >= 11 is 6.23. The zero-order valence-corrected chi connectivity index (χ0v) is 22.6. The van der Waals surface area contributed by atoms with E-state index in [9.17, 15) is 19.6 Å². The van der Waals surface area contributed by atoms with Crippen LogP contribution in [-0.2, 0) is 13.7 Å². The van der Waals surface area contributed by atoms with Crippen molar-refractivity contribution < 1.29 is 9.50 Å². The lowest BCUT2D eigenvalue weighted by molar-refractivity contribution is 0.275. The number of aryl methyl sites for hydroxylation is 1.